The van der Waals surface area contributed by atoms with E-state index in [1.165, 1.54) is 0 Å². The summed E-state index contributed by atoms with van der Waals surface area (Å²) in [6.45, 7) is 1.82. The summed E-state index contributed by atoms with van der Waals surface area (Å²) in [5.41, 5.74) is 6.49. The Labute approximate surface area is 102 Å². The van der Waals surface area contributed by atoms with Crippen LogP contribution in [0.25, 0.3) is 0 Å². The van der Waals surface area contributed by atoms with Crippen LogP contribution in [-0.4, -0.2) is 11.1 Å². The third-order valence-electron chi connectivity index (χ3n) is 3.09. The first-order chi connectivity index (χ1) is 8.15. The van der Waals surface area contributed by atoms with Crippen LogP contribution in [0.1, 0.15) is 18.1 Å². The van der Waals surface area contributed by atoms with Crippen LogP contribution in [0.5, 0.6) is 0 Å². The lowest BCUT2D eigenvalue weighted by molar-refractivity contribution is 0.0579. The van der Waals surface area contributed by atoms with E-state index in [9.17, 15) is 5.11 Å². The van der Waals surface area contributed by atoms with Gasteiger partial charge in [-0.1, -0.05) is 60.7 Å². The van der Waals surface area contributed by atoms with Gasteiger partial charge in [0.2, 0.25) is 0 Å². The first-order valence-electron chi connectivity index (χ1n) is 5.74. The average molecular weight is 227 g/mol. The molecule has 0 radical (unpaired) electrons. The zero-order valence-corrected chi connectivity index (χ0v) is 9.88. The zero-order valence-electron chi connectivity index (χ0n) is 9.88. The summed E-state index contributed by atoms with van der Waals surface area (Å²) < 4.78 is 0. The van der Waals surface area contributed by atoms with Crippen molar-refractivity contribution in [3.8, 4) is 0 Å². The molecule has 0 unspecified atom stereocenters. The maximum Gasteiger partial charge on any atom is 0.129 e. The number of aliphatic hydroxyl groups is 1. The molecule has 0 saturated heterocycles. The summed E-state index contributed by atoms with van der Waals surface area (Å²) in [6.07, 6.45) is 0. The summed E-state index contributed by atoms with van der Waals surface area (Å²) in [5, 5.41) is 10.9. The third kappa shape index (κ3) is 2.09. The number of hydrogen-bond acceptors (Lipinski definition) is 2. The fraction of sp³-hybridized carbons (Fsp3) is 0.200. The van der Waals surface area contributed by atoms with E-state index in [0.717, 1.165) is 11.1 Å². The molecule has 0 aliphatic carbocycles. The highest BCUT2D eigenvalue weighted by Crippen LogP contribution is 2.31. The Morgan fingerprint density at radius 1 is 0.882 bits per heavy atom. The molecule has 2 nitrogen and oxygen atoms in total. The van der Waals surface area contributed by atoms with Crippen molar-refractivity contribution in [1.82, 2.24) is 0 Å². The third-order valence-corrected chi connectivity index (χ3v) is 3.09. The van der Waals surface area contributed by atoms with E-state index in [-0.39, 0.29) is 6.04 Å². The van der Waals surface area contributed by atoms with Gasteiger partial charge in [0.15, 0.2) is 0 Å². The van der Waals surface area contributed by atoms with Gasteiger partial charge in [-0.2, -0.15) is 0 Å². The van der Waals surface area contributed by atoms with Gasteiger partial charge in [-0.05, 0) is 18.1 Å². The molecular formula is C15H17NO. The van der Waals surface area contributed by atoms with E-state index in [2.05, 4.69) is 0 Å². The van der Waals surface area contributed by atoms with E-state index >= 15 is 0 Å². The van der Waals surface area contributed by atoms with Gasteiger partial charge in [-0.3, -0.25) is 0 Å². The van der Waals surface area contributed by atoms with Crippen molar-refractivity contribution in [2.75, 3.05) is 0 Å². The van der Waals surface area contributed by atoms with Crippen molar-refractivity contribution >= 4 is 0 Å². The minimum atomic E-state index is -1.14. The van der Waals surface area contributed by atoms with Crippen molar-refractivity contribution < 1.29 is 5.11 Å². The van der Waals surface area contributed by atoms with E-state index in [4.69, 9.17) is 5.73 Å². The minimum Gasteiger partial charge on any atom is -0.379 e. The molecule has 3 N–H and O–H groups in total. The van der Waals surface area contributed by atoms with Crippen LogP contribution in [0.15, 0.2) is 60.7 Å². The van der Waals surface area contributed by atoms with Crippen LogP contribution in [0.2, 0.25) is 0 Å². The molecule has 2 heteroatoms. The van der Waals surface area contributed by atoms with Gasteiger partial charge in [0.05, 0.1) is 0 Å². The normalized spacial score (nSPS) is 13.4. The van der Waals surface area contributed by atoms with E-state index in [1.54, 1.807) is 0 Å². The Morgan fingerprint density at radius 2 is 1.24 bits per heavy atom. The SMILES string of the molecule is C[C@@H](N)C(O)(c1ccccc1)c1ccccc1. The number of nitrogens with two attached hydrogens (primary N) is 1. The lowest BCUT2D eigenvalue weighted by Gasteiger charge is -2.33. The first kappa shape index (κ1) is 11.8. The van der Waals surface area contributed by atoms with Gasteiger partial charge in [0, 0.05) is 6.04 Å². The van der Waals surface area contributed by atoms with Gasteiger partial charge in [-0.25, -0.2) is 0 Å². The lowest BCUT2D eigenvalue weighted by Crippen LogP contribution is -2.44. The number of rotatable bonds is 3. The van der Waals surface area contributed by atoms with Crippen molar-refractivity contribution in [1.29, 1.82) is 0 Å². The molecule has 17 heavy (non-hydrogen) atoms. The summed E-state index contributed by atoms with van der Waals surface area (Å²) >= 11 is 0. The van der Waals surface area contributed by atoms with Crippen LogP contribution in [-0.2, 0) is 5.60 Å². The summed E-state index contributed by atoms with van der Waals surface area (Å²) in [7, 11) is 0. The topological polar surface area (TPSA) is 46.2 Å². The van der Waals surface area contributed by atoms with Gasteiger partial charge in [0.25, 0.3) is 0 Å². The minimum absolute atomic E-state index is 0.382. The Hall–Kier alpha value is -1.64. The van der Waals surface area contributed by atoms with Crippen molar-refractivity contribution in [3.05, 3.63) is 71.8 Å². The highest BCUT2D eigenvalue weighted by molar-refractivity contribution is 5.37. The molecule has 0 spiro atoms. The van der Waals surface area contributed by atoms with E-state index < -0.39 is 5.60 Å². The molecule has 0 bridgehead atoms. The second-order valence-corrected chi connectivity index (χ2v) is 4.29. The van der Waals surface area contributed by atoms with Crippen molar-refractivity contribution in [2.45, 2.75) is 18.6 Å². The Bertz CT molecular complexity index is 425. The molecule has 0 aliphatic rings. The molecule has 2 rings (SSSR count). The largest absolute Gasteiger partial charge is 0.379 e. The maximum absolute atomic E-state index is 10.9. The molecule has 88 valence electrons. The predicted molar refractivity (Wildman–Crippen MR) is 69.5 cm³/mol. The van der Waals surface area contributed by atoms with Crippen molar-refractivity contribution in [2.24, 2.45) is 5.73 Å². The standard InChI is InChI=1S/C15H17NO/c1-12(16)15(17,13-8-4-2-5-9-13)14-10-6-3-7-11-14/h2-12,17H,16H2,1H3/t12-/m1/s1. The van der Waals surface area contributed by atoms with Crippen LogP contribution in [0.3, 0.4) is 0 Å². The van der Waals surface area contributed by atoms with Crippen molar-refractivity contribution in [3.63, 3.8) is 0 Å². The average Bonchev–Trinajstić information content (AvgIpc) is 2.39. The van der Waals surface area contributed by atoms with Gasteiger partial charge in [-0.15, -0.1) is 0 Å². The van der Waals surface area contributed by atoms with E-state index in [1.807, 2.05) is 67.6 Å². The smallest absolute Gasteiger partial charge is 0.129 e. The van der Waals surface area contributed by atoms with E-state index in [0.29, 0.717) is 0 Å². The van der Waals surface area contributed by atoms with Gasteiger partial charge < -0.3 is 10.8 Å². The molecule has 2 aromatic rings. The first-order valence-corrected chi connectivity index (χ1v) is 5.74. The molecule has 0 aromatic heterocycles. The van der Waals surface area contributed by atoms with Gasteiger partial charge >= 0.3 is 0 Å². The lowest BCUT2D eigenvalue weighted by atomic mass is 9.81. The Balaban J connectivity index is 2.55. The predicted octanol–water partition coefficient (Wildman–Crippen LogP) is 2.27. The van der Waals surface area contributed by atoms with Crippen LogP contribution >= 0.6 is 0 Å². The number of benzene rings is 2. The summed E-state index contributed by atoms with van der Waals surface area (Å²) in [6, 6.07) is 18.7. The Morgan fingerprint density at radius 3 is 1.53 bits per heavy atom. The highest BCUT2D eigenvalue weighted by Gasteiger charge is 2.35. The molecule has 0 aliphatic heterocycles. The summed E-state index contributed by atoms with van der Waals surface area (Å²) in [5.74, 6) is 0. The van der Waals surface area contributed by atoms with Gasteiger partial charge in [0.1, 0.15) is 5.60 Å². The summed E-state index contributed by atoms with van der Waals surface area (Å²) in [4.78, 5) is 0. The quantitative estimate of drug-likeness (QED) is 0.845. The molecular weight excluding hydrogens is 210 g/mol. The molecule has 0 saturated carbocycles. The van der Waals surface area contributed by atoms with Crippen LogP contribution in [0.4, 0.5) is 0 Å². The molecule has 0 amide bonds. The number of hydrogen-bond donors (Lipinski definition) is 2. The highest BCUT2D eigenvalue weighted by atomic mass is 16.3. The van der Waals surface area contributed by atoms with Crippen LogP contribution < -0.4 is 5.73 Å². The maximum atomic E-state index is 10.9. The molecule has 1 atom stereocenters. The van der Waals surface area contributed by atoms with Crippen LogP contribution in [0, 0.1) is 0 Å². The Kier molecular flexibility index (Phi) is 3.27. The zero-order chi connectivity index (χ0) is 12.3. The molecule has 0 heterocycles. The molecule has 0 fully saturated rings. The fourth-order valence-corrected chi connectivity index (χ4v) is 2.08. The monoisotopic (exact) mass is 227 g/mol. The fourth-order valence-electron chi connectivity index (χ4n) is 2.08. The second-order valence-electron chi connectivity index (χ2n) is 4.29. The molecule has 2 aromatic carbocycles. The second kappa shape index (κ2) is 4.70.